The van der Waals surface area contributed by atoms with Crippen molar-refractivity contribution in [2.75, 3.05) is 5.32 Å². The number of benzene rings is 1. The Morgan fingerprint density at radius 2 is 2.22 bits per heavy atom. The predicted octanol–water partition coefficient (Wildman–Crippen LogP) is 4.01. The molecule has 0 aliphatic rings. The normalized spacial score (nSPS) is 10.3. The Balaban J connectivity index is 2.13. The zero-order chi connectivity index (χ0) is 13.1. The van der Waals surface area contributed by atoms with Crippen molar-refractivity contribution in [3.05, 3.63) is 51.3 Å². The first-order chi connectivity index (χ1) is 8.58. The first kappa shape index (κ1) is 13.0. The number of furan rings is 1. The van der Waals surface area contributed by atoms with E-state index in [2.05, 4.69) is 21.2 Å². The third-order valence-electron chi connectivity index (χ3n) is 2.34. The third kappa shape index (κ3) is 2.86. The van der Waals surface area contributed by atoms with E-state index in [1.54, 1.807) is 24.5 Å². The number of aromatic carboxylic acids is 1. The van der Waals surface area contributed by atoms with Crippen molar-refractivity contribution in [3.8, 4) is 0 Å². The Bertz CT molecular complexity index is 582. The topological polar surface area (TPSA) is 62.5 Å². The van der Waals surface area contributed by atoms with E-state index in [1.165, 1.54) is 6.07 Å². The fourth-order valence-electron chi connectivity index (χ4n) is 1.43. The van der Waals surface area contributed by atoms with Crippen LogP contribution in [0, 0.1) is 0 Å². The molecule has 1 aromatic carbocycles. The van der Waals surface area contributed by atoms with Gasteiger partial charge in [0.15, 0.2) is 0 Å². The minimum atomic E-state index is -1.05. The maximum Gasteiger partial charge on any atom is 0.337 e. The average molecular weight is 331 g/mol. The second-order valence-electron chi connectivity index (χ2n) is 3.55. The summed E-state index contributed by atoms with van der Waals surface area (Å²) in [7, 11) is 0. The lowest BCUT2D eigenvalue weighted by Crippen LogP contribution is -2.02. The van der Waals surface area contributed by atoms with Crippen LogP contribution >= 0.6 is 27.5 Å². The number of halogens is 2. The number of carboxylic acids is 1. The van der Waals surface area contributed by atoms with Crippen molar-refractivity contribution in [2.24, 2.45) is 0 Å². The highest BCUT2D eigenvalue weighted by molar-refractivity contribution is 9.10. The fourth-order valence-corrected chi connectivity index (χ4v) is 1.97. The van der Waals surface area contributed by atoms with Crippen LogP contribution in [0.25, 0.3) is 0 Å². The largest absolute Gasteiger partial charge is 0.478 e. The molecule has 0 amide bonds. The molecule has 2 rings (SSSR count). The predicted molar refractivity (Wildman–Crippen MR) is 72.1 cm³/mol. The van der Waals surface area contributed by atoms with Crippen molar-refractivity contribution >= 4 is 39.2 Å². The van der Waals surface area contributed by atoms with E-state index in [0.717, 1.165) is 10.2 Å². The molecule has 0 unspecified atom stereocenters. The highest BCUT2D eigenvalue weighted by atomic mass is 79.9. The Morgan fingerprint density at radius 1 is 1.44 bits per heavy atom. The third-order valence-corrected chi connectivity index (χ3v) is 3.38. The number of hydrogen-bond acceptors (Lipinski definition) is 3. The molecule has 4 nitrogen and oxygen atoms in total. The minimum absolute atomic E-state index is 0.0696. The van der Waals surface area contributed by atoms with Crippen LogP contribution in [-0.4, -0.2) is 11.1 Å². The van der Waals surface area contributed by atoms with Gasteiger partial charge in [-0.05, 0) is 40.2 Å². The van der Waals surface area contributed by atoms with Crippen LogP contribution in [0.3, 0.4) is 0 Å². The zero-order valence-electron chi connectivity index (χ0n) is 9.11. The summed E-state index contributed by atoms with van der Waals surface area (Å²) in [6.45, 7) is 0.453. The summed E-state index contributed by atoms with van der Waals surface area (Å²) >= 11 is 9.12. The Morgan fingerprint density at radius 3 is 2.83 bits per heavy atom. The van der Waals surface area contributed by atoms with E-state index < -0.39 is 5.97 Å². The van der Waals surface area contributed by atoms with E-state index in [-0.39, 0.29) is 10.6 Å². The average Bonchev–Trinajstić information content (AvgIpc) is 2.73. The van der Waals surface area contributed by atoms with Gasteiger partial charge in [-0.2, -0.15) is 0 Å². The summed E-state index contributed by atoms with van der Waals surface area (Å²) < 4.78 is 6.10. The lowest BCUT2D eigenvalue weighted by molar-refractivity contribution is 0.0697. The van der Waals surface area contributed by atoms with Crippen LogP contribution in [-0.2, 0) is 6.54 Å². The summed E-state index contributed by atoms with van der Waals surface area (Å²) in [5.41, 5.74) is 0.736. The standard InChI is InChI=1S/C12H9BrClNO3/c13-9-3-4-18-11(9)6-15-7-1-2-10(14)8(5-7)12(16)17/h1-5,15H,6H2,(H,16,17). The summed E-state index contributed by atoms with van der Waals surface area (Å²) in [4.78, 5) is 10.9. The first-order valence-corrected chi connectivity index (χ1v) is 6.23. The summed E-state index contributed by atoms with van der Waals surface area (Å²) in [6.07, 6.45) is 1.58. The molecule has 94 valence electrons. The van der Waals surface area contributed by atoms with Crippen molar-refractivity contribution in [3.63, 3.8) is 0 Å². The molecule has 0 aliphatic carbocycles. The van der Waals surface area contributed by atoms with Gasteiger partial charge in [-0.3, -0.25) is 0 Å². The molecule has 0 aliphatic heterocycles. The van der Waals surface area contributed by atoms with E-state index in [9.17, 15) is 4.79 Å². The highest BCUT2D eigenvalue weighted by Gasteiger charge is 2.10. The summed E-state index contributed by atoms with van der Waals surface area (Å²) in [6, 6.07) is 6.54. The summed E-state index contributed by atoms with van der Waals surface area (Å²) in [5, 5.41) is 12.2. The molecule has 6 heteroatoms. The Labute approximate surface area is 117 Å². The molecule has 18 heavy (non-hydrogen) atoms. The van der Waals surface area contributed by atoms with E-state index >= 15 is 0 Å². The van der Waals surface area contributed by atoms with Crippen LogP contribution in [0.5, 0.6) is 0 Å². The van der Waals surface area contributed by atoms with Crippen LogP contribution in [0.1, 0.15) is 16.1 Å². The van der Waals surface area contributed by atoms with Gasteiger partial charge < -0.3 is 14.8 Å². The van der Waals surface area contributed by atoms with Crippen LogP contribution in [0.2, 0.25) is 5.02 Å². The Hall–Kier alpha value is -1.46. The number of rotatable bonds is 4. The molecule has 1 aromatic heterocycles. The van der Waals surface area contributed by atoms with Gasteiger partial charge in [0, 0.05) is 5.69 Å². The second-order valence-corrected chi connectivity index (χ2v) is 4.81. The fraction of sp³-hybridized carbons (Fsp3) is 0.0833. The van der Waals surface area contributed by atoms with Gasteiger partial charge in [0.25, 0.3) is 0 Å². The second kappa shape index (κ2) is 5.46. The lowest BCUT2D eigenvalue weighted by atomic mass is 10.2. The molecule has 1 heterocycles. The van der Waals surface area contributed by atoms with Gasteiger partial charge in [-0.15, -0.1) is 0 Å². The number of anilines is 1. The smallest absolute Gasteiger partial charge is 0.337 e. The lowest BCUT2D eigenvalue weighted by Gasteiger charge is -2.07. The molecule has 0 saturated heterocycles. The molecule has 0 spiro atoms. The number of hydrogen-bond donors (Lipinski definition) is 2. The molecule has 0 atom stereocenters. The van der Waals surface area contributed by atoms with Gasteiger partial charge in [0.1, 0.15) is 5.76 Å². The van der Waals surface area contributed by atoms with E-state index in [1.807, 2.05) is 0 Å². The molecule has 0 bridgehead atoms. The SMILES string of the molecule is O=C(O)c1cc(NCc2occc2Br)ccc1Cl. The molecule has 0 radical (unpaired) electrons. The van der Waals surface area contributed by atoms with Crippen molar-refractivity contribution in [2.45, 2.75) is 6.54 Å². The molecule has 2 aromatic rings. The molecular weight excluding hydrogens is 321 g/mol. The molecule has 2 N–H and O–H groups in total. The number of carbonyl (C=O) groups is 1. The minimum Gasteiger partial charge on any atom is -0.478 e. The van der Waals surface area contributed by atoms with Crippen molar-refractivity contribution < 1.29 is 14.3 Å². The Kier molecular flexibility index (Phi) is 3.93. The monoisotopic (exact) mass is 329 g/mol. The van der Waals surface area contributed by atoms with Gasteiger partial charge in [0.05, 0.1) is 27.9 Å². The number of carboxylic acid groups (broad SMARTS) is 1. The maximum atomic E-state index is 10.9. The summed E-state index contributed by atoms with van der Waals surface area (Å²) in [5.74, 6) is -0.315. The van der Waals surface area contributed by atoms with Crippen molar-refractivity contribution in [1.82, 2.24) is 0 Å². The van der Waals surface area contributed by atoms with E-state index in [4.69, 9.17) is 21.1 Å². The quantitative estimate of drug-likeness (QED) is 0.889. The van der Waals surface area contributed by atoms with Crippen LogP contribution < -0.4 is 5.32 Å². The van der Waals surface area contributed by atoms with Crippen LogP contribution in [0.4, 0.5) is 5.69 Å². The van der Waals surface area contributed by atoms with Gasteiger partial charge in [-0.25, -0.2) is 4.79 Å². The molecular formula is C12H9BrClNO3. The van der Waals surface area contributed by atoms with E-state index in [0.29, 0.717) is 12.2 Å². The number of nitrogens with one attached hydrogen (secondary N) is 1. The molecule has 0 fully saturated rings. The van der Waals surface area contributed by atoms with Crippen molar-refractivity contribution in [1.29, 1.82) is 0 Å². The maximum absolute atomic E-state index is 10.9. The van der Waals surface area contributed by atoms with Crippen LogP contribution in [0.15, 0.2) is 39.4 Å². The van der Waals surface area contributed by atoms with Gasteiger partial charge in [-0.1, -0.05) is 11.6 Å². The van der Waals surface area contributed by atoms with Gasteiger partial charge >= 0.3 is 5.97 Å². The molecule has 0 saturated carbocycles. The highest BCUT2D eigenvalue weighted by Crippen LogP contribution is 2.22. The first-order valence-electron chi connectivity index (χ1n) is 5.06. The van der Waals surface area contributed by atoms with Gasteiger partial charge in [0.2, 0.25) is 0 Å². The zero-order valence-corrected chi connectivity index (χ0v) is 11.5.